The number of hydrogen-bond donors (Lipinski definition) is 2. The molecule has 2 rings (SSSR count). The van der Waals surface area contributed by atoms with Crippen LogP contribution in [0.1, 0.15) is 47.0 Å². The fourth-order valence-electron chi connectivity index (χ4n) is 3.38. The third-order valence-electron chi connectivity index (χ3n) is 5.03. The second-order valence-corrected chi connectivity index (χ2v) is 10.5. The molecule has 8 heteroatoms. The van der Waals surface area contributed by atoms with Gasteiger partial charge < -0.3 is 10.2 Å². The minimum absolute atomic E-state index is 0.0679. The van der Waals surface area contributed by atoms with E-state index in [9.17, 15) is 18.0 Å². The van der Waals surface area contributed by atoms with Crippen molar-refractivity contribution in [1.82, 2.24) is 14.9 Å². The molecular formula is C21H33N3O4S. The van der Waals surface area contributed by atoms with Crippen LogP contribution in [0.5, 0.6) is 0 Å². The van der Waals surface area contributed by atoms with Gasteiger partial charge in [-0.25, -0.2) is 13.1 Å². The molecule has 0 aliphatic carbocycles. The molecule has 7 nitrogen and oxygen atoms in total. The first-order valence-electron chi connectivity index (χ1n) is 10.1. The summed E-state index contributed by atoms with van der Waals surface area (Å²) in [5.41, 5.74) is -0.457. The van der Waals surface area contributed by atoms with E-state index in [2.05, 4.69) is 10.0 Å². The van der Waals surface area contributed by atoms with E-state index in [0.29, 0.717) is 19.5 Å². The van der Waals surface area contributed by atoms with Gasteiger partial charge in [-0.15, -0.1) is 0 Å². The van der Waals surface area contributed by atoms with Crippen molar-refractivity contribution in [2.75, 3.05) is 19.6 Å². The Labute approximate surface area is 174 Å². The Morgan fingerprint density at radius 3 is 2.48 bits per heavy atom. The Kier molecular flexibility index (Phi) is 7.82. The van der Waals surface area contributed by atoms with Crippen molar-refractivity contribution in [3.05, 3.63) is 30.3 Å². The lowest BCUT2D eigenvalue weighted by atomic mass is 9.91. The van der Waals surface area contributed by atoms with Gasteiger partial charge in [0.15, 0.2) is 0 Å². The number of carbonyl (C=O) groups is 2. The Morgan fingerprint density at radius 1 is 1.21 bits per heavy atom. The summed E-state index contributed by atoms with van der Waals surface area (Å²) in [6.45, 7) is 8.88. The molecule has 1 aliphatic rings. The molecule has 0 saturated carbocycles. The average Bonchev–Trinajstić information content (AvgIpc) is 2.67. The molecule has 29 heavy (non-hydrogen) atoms. The second-order valence-electron chi connectivity index (χ2n) is 8.75. The standard InChI is InChI=1S/C21H33N3O4S/c1-16(12-13-22-29(27,28)18-10-6-5-7-11-18)23-19(25)17-9-8-14-24(15-17)20(26)21(2,3)4/h5-7,10-11,16-17,22H,8-9,12-15H2,1-4H3,(H,23,25)/t16-,17-/m1/s1. The SMILES string of the molecule is C[C@H](CCNS(=O)(=O)c1ccccc1)NC(=O)[C@@H]1CCCN(C(=O)C(C)(C)C)C1. The van der Waals surface area contributed by atoms with Gasteiger partial charge in [0.2, 0.25) is 21.8 Å². The minimum Gasteiger partial charge on any atom is -0.353 e. The Hall–Kier alpha value is -1.93. The van der Waals surface area contributed by atoms with Crippen LogP contribution in [0.3, 0.4) is 0 Å². The third kappa shape index (κ3) is 6.82. The van der Waals surface area contributed by atoms with Crippen molar-refractivity contribution in [2.24, 2.45) is 11.3 Å². The van der Waals surface area contributed by atoms with Crippen LogP contribution in [0.4, 0.5) is 0 Å². The topological polar surface area (TPSA) is 95.6 Å². The molecular weight excluding hydrogens is 390 g/mol. The summed E-state index contributed by atoms with van der Waals surface area (Å²) in [5, 5.41) is 2.96. The first-order chi connectivity index (χ1) is 13.5. The molecule has 162 valence electrons. The first-order valence-corrected chi connectivity index (χ1v) is 11.6. The predicted molar refractivity (Wildman–Crippen MR) is 113 cm³/mol. The van der Waals surface area contributed by atoms with Crippen LogP contribution in [0.15, 0.2) is 35.2 Å². The number of benzene rings is 1. The lowest BCUT2D eigenvalue weighted by Crippen LogP contribution is -2.50. The van der Waals surface area contributed by atoms with Crippen LogP contribution in [0, 0.1) is 11.3 Å². The molecule has 1 heterocycles. The number of sulfonamides is 1. The zero-order valence-corrected chi connectivity index (χ0v) is 18.6. The fourth-order valence-corrected chi connectivity index (χ4v) is 4.44. The molecule has 1 saturated heterocycles. The van der Waals surface area contributed by atoms with E-state index in [4.69, 9.17) is 0 Å². The van der Waals surface area contributed by atoms with Crippen LogP contribution >= 0.6 is 0 Å². The second kappa shape index (κ2) is 9.71. The van der Waals surface area contributed by atoms with Crippen LogP contribution in [0.2, 0.25) is 0 Å². The number of nitrogens with one attached hydrogen (secondary N) is 2. The van der Waals surface area contributed by atoms with Crippen LogP contribution in [0.25, 0.3) is 0 Å². The Morgan fingerprint density at radius 2 is 1.86 bits per heavy atom. The van der Waals surface area contributed by atoms with Gasteiger partial charge in [-0.3, -0.25) is 9.59 Å². The number of amides is 2. The van der Waals surface area contributed by atoms with Crippen molar-refractivity contribution in [2.45, 2.75) is 57.9 Å². The monoisotopic (exact) mass is 423 g/mol. The highest BCUT2D eigenvalue weighted by Crippen LogP contribution is 2.23. The zero-order chi connectivity index (χ0) is 21.7. The van der Waals surface area contributed by atoms with Gasteiger partial charge in [0.25, 0.3) is 0 Å². The normalized spacial score (nSPS) is 18.9. The van der Waals surface area contributed by atoms with Gasteiger partial charge >= 0.3 is 0 Å². The summed E-state index contributed by atoms with van der Waals surface area (Å²) in [7, 11) is -3.54. The molecule has 2 N–H and O–H groups in total. The lowest BCUT2D eigenvalue weighted by Gasteiger charge is -2.36. The number of carbonyl (C=O) groups excluding carboxylic acids is 2. The van der Waals surface area contributed by atoms with Crippen molar-refractivity contribution in [3.63, 3.8) is 0 Å². The summed E-state index contributed by atoms with van der Waals surface area (Å²) in [6, 6.07) is 8.03. The summed E-state index contributed by atoms with van der Waals surface area (Å²) in [5.74, 6) is -0.230. The fraction of sp³-hybridized carbons (Fsp3) is 0.619. The van der Waals surface area contributed by atoms with Crippen LogP contribution in [-0.4, -0.2) is 50.8 Å². The van der Waals surface area contributed by atoms with E-state index < -0.39 is 15.4 Å². The summed E-state index contributed by atoms with van der Waals surface area (Å²) < 4.78 is 27.0. The number of hydrogen-bond acceptors (Lipinski definition) is 4. The van der Waals surface area contributed by atoms with Gasteiger partial charge in [-0.2, -0.15) is 0 Å². The number of piperidine rings is 1. The molecule has 0 unspecified atom stereocenters. The van der Waals surface area contributed by atoms with Gasteiger partial charge in [0.05, 0.1) is 10.8 Å². The number of likely N-dealkylation sites (tertiary alicyclic amines) is 1. The smallest absolute Gasteiger partial charge is 0.240 e. The third-order valence-corrected chi connectivity index (χ3v) is 6.51. The summed E-state index contributed by atoms with van der Waals surface area (Å²) in [4.78, 5) is 27.1. The number of nitrogens with zero attached hydrogens (tertiary/aromatic N) is 1. The molecule has 1 fully saturated rings. The Bertz CT molecular complexity index is 803. The van der Waals surface area contributed by atoms with E-state index >= 15 is 0 Å². The molecule has 2 atom stereocenters. The van der Waals surface area contributed by atoms with Gasteiger partial charge in [-0.05, 0) is 38.3 Å². The first kappa shape index (κ1) is 23.3. The van der Waals surface area contributed by atoms with E-state index in [1.165, 1.54) is 0 Å². The van der Waals surface area contributed by atoms with E-state index in [0.717, 1.165) is 12.8 Å². The maximum absolute atomic E-state index is 12.6. The maximum Gasteiger partial charge on any atom is 0.240 e. The molecule has 0 aromatic heterocycles. The molecule has 0 radical (unpaired) electrons. The molecule has 1 aromatic rings. The molecule has 1 aromatic carbocycles. The molecule has 1 aliphatic heterocycles. The largest absolute Gasteiger partial charge is 0.353 e. The highest BCUT2D eigenvalue weighted by molar-refractivity contribution is 7.89. The van der Waals surface area contributed by atoms with E-state index in [1.54, 1.807) is 35.2 Å². The highest BCUT2D eigenvalue weighted by Gasteiger charge is 2.33. The quantitative estimate of drug-likeness (QED) is 0.702. The van der Waals surface area contributed by atoms with Crippen LogP contribution in [-0.2, 0) is 19.6 Å². The molecule has 0 bridgehead atoms. The van der Waals surface area contributed by atoms with Crippen LogP contribution < -0.4 is 10.0 Å². The van der Waals surface area contributed by atoms with E-state index in [1.807, 2.05) is 27.7 Å². The summed E-state index contributed by atoms with van der Waals surface area (Å²) >= 11 is 0. The lowest BCUT2D eigenvalue weighted by molar-refractivity contribution is -0.142. The maximum atomic E-state index is 12.6. The number of rotatable bonds is 7. The molecule has 2 amide bonds. The predicted octanol–water partition coefficient (Wildman–Crippen LogP) is 2.14. The van der Waals surface area contributed by atoms with Crippen molar-refractivity contribution in [1.29, 1.82) is 0 Å². The minimum atomic E-state index is -3.54. The highest BCUT2D eigenvalue weighted by atomic mass is 32.2. The van der Waals surface area contributed by atoms with Gasteiger partial charge in [-0.1, -0.05) is 39.0 Å². The Balaban J connectivity index is 1.80. The summed E-state index contributed by atoms with van der Waals surface area (Å²) in [6.07, 6.45) is 2.05. The van der Waals surface area contributed by atoms with Crippen molar-refractivity contribution in [3.8, 4) is 0 Å². The van der Waals surface area contributed by atoms with Crippen molar-refractivity contribution >= 4 is 21.8 Å². The average molecular weight is 424 g/mol. The van der Waals surface area contributed by atoms with Crippen molar-refractivity contribution < 1.29 is 18.0 Å². The van der Waals surface area contributed by atoms with Gasteiger partial charge in [0, 0.05) is 31.1 Å². The van der Waals surface area contributed by atoms with E-state index in [-0.39, 0.29) is 35.2 Å². The van der Waals surface area contributed by atoms with Gasteiger partial charge in [0.1, 0.15) is 0 Å². The zero-order valence-electron chi connectivity index (χ0n) is 17.8. The molecule has 0 spiro atoms.